The van der Waals surface area contributed by atoms with Crippen LogP contribution >= 0.6 is 0 Å². The second-order valence-electron chi connectivity index (χ2n) is 3.06. The summed E-state index contributed by atoms with van der Waals surface area (Å²) in [6.07, 6.45) is 3.79. The van der Waals surface area contributed by atoms with Gasteiger partial charge in [0.15, 0.2) is 0 Å². The summed E-state index contributed by atoms with van der Waals surface area (Å²) in [5.41, 5.74) is 2.37. The maximum absolute atomic E-state index is 10.5. The number of rotatable bonds is 3. The molecule has 0 amide bonds. The molecule has 0 saturated carbocycles. The summed E-state index contributed by atoms with van der Waals surface area (Å²) in [6, 6.07) is 8.06. The Morgan fingerprint density at radius 1 is 1.43 bits per heavy atom. The van der Waals surface area contributed by atoms with Crippen molar-refractivity contribution in [1.29, 1.82) is 0 Å². The maximum Gasteiger partial charge on any atom is 0.302 e. The minimum atomic E-state index is -0.251. The highest BCUT2D eigenvalue weighted by atomic mass is 16.5. The van der Waals surface area contributed by atoms with Crippen LogP contribution in [0.5, 0.6) is 0 Å². The summed E-state index contributed by atoms with van der Waals surface area (Å²) in [4.78, 5) is 10.5. The third kappa shape index (κ3) is 3.44. The van der Waals surface area contributed by atoms with Gasteiger partial charge in [0.25, 0.3) is 0 Å². The van der Waals surface area contributed by atoms with Crippen molar-refractivity contribution in [2.75, 3.05) is 6.61 Å². The van der Waals surface area contributed by atoms with E-state index in [1.165, 1.54) is 12.5 Å². The lowest BCUT2D eigenvalue weighted by Gasteiger charge is -1.98. The van der Waals surface area contributed by atoms with E-state index in [1.54, 1.807) is 0 Å². The third-order valence-corrected chi connectivity index (χ3v) is 1.87. The molecule has 14 heavy (non-hydrogen) atoms. The van der Waals surface area contributed by atoms with Crippen molar-refractivity contribution < 1.29 is 9.53 Å². The average Bonchev–Trinajstić information content (AvgIpc) is 2.15. The van der Waals surface area contributed by atoms with E-state index >= 15 is 0 Å². The summed E-state index contributed by atoms with van der Waals surface area (Å²) in [5.74, 6) is -0.251. The molecule has 0 radical (unpaired) electrons. The molecule has 1 aromatic carbocycles. The number of ether oxygens (including phenoxy) is 1. The van der Waals surface area contributed by atoms with Crippen LogP contribution in [0.4, 0.5) is 0 Å². The van der Waals surface area contributed by atoms with E-state index in [0.717, 1.165) is 5.56 Å². The van der Waals surface area contributed by atoms with Crippen LogP contribution in [-0.4, -0.2) is 12.6 Å². The Kier molecular flexibility index (Phi) is 3.92. The van der Waals surface area contributed by atoms with Gasteiger partial charge >= 0.3 is 5.97 Å². The van der Waals surface area contributed by atoms with E-state index in [4.69, 9.17) is 4.74 Å². The van der Waals surface area contributed by atoms with E-state index in [2.05, 4.69) is 0 Å². The van der Waals surface area contributed by atoms with Gasteiger partial charge in [-0.05, 0) is 24.1 Å². The largest absolute Gasteiger partial charge is 0.462 e. The zero-order chi connectivity index (χ0) is 10.4. The van der Waals surface area contributed by atoms with E-state index in [-0.39, 0.29) is 5.97 Å². The van der Waals surface area contributed by atoms with Crippen LogP contribution in [0.3, 0.4) is 0 Å². The zero-order valence-corrected chi connectivity index (χ0v) is 8.49. The number of esters is 1. The van der Waals surface area contributed by atoms with Gasteiger partial charge in [0.1, 0.15) is 6.61 Å². The van der Waals surface area contributed by atoms with Crippen molar-refractivity contribution in [3.05, 3.63) is 41.5 Å². The molecule has 0 N–H and O–H groups in total. The van der Waals surface area contributed by atoms with Crippen molar-refractivity contribution in [2.45, 2.75) is 13.8 Å². The summed E-state index contributed by atoms with van der Waals surface area (Å²) in [6.45, 7) is 3.79. The molecule has 0 spiro atoms. The Morgan fingerprint density at radius 3 is 2.79 bits per heavy atom. The molecular weight excluding hydrogens is 176 g/mol. The zero-order valence-electron chi connectivity index (χ0n) is 8.49. The molecule has 0 unspecified atom stereocenters. The van der Waals surface area contributed by atoms with Gasteiger partial charge in [-0.2, -0.15) is 0 Å². The molecule has 0 aromatic heterocycles. The Balaban J connectivity index is 2.52. The maximum atomic E-state index is 10.5. The fourth-order valence-electron chi connectivity index (χ4n) is 1.11. The molecule has 74 valence electrons. The lowest BCUT2D eigenvalue weighted by atomic mass is 10.1. The predicted molar refractivity (Wildman–Crippen MR) is 56.8 cm³/mol. The van der Waals surface area contributed by atoms with Crippen molar-refractivity contribution >= 4 is 12.0 Å². The van der Waals surface area contributed by atoms with E-state index in [9.17, 15) is 4.79 Å². The van der Waals surface area contributed by atoms with Gasteiger partial charge in [-0.3, -0.25) is 4.79 Å². The average molecular weight is 190 g/mol. The molecular formula is C12H14O2. The number of benzene rings is 1. The Hall–Kier alpha value is -1.57. The molecule has 2 heteroatoms. The number of carbonyl (C=O) groups excluding carboxylic acids is 1. The molecule has 0 aliphatic carbocycles. The van der Waals surface area contributed by atoms with Crippen LogP contribution in [0.1, 0.15) is 18.1 Å². The van der Waals surface area contributed by atoms with Gasteiger partial charge in [-0.25, -0.2) is 0 Å². The summed E-state index contributed by atoms with van der Waals surface area (Å²) in [7, 11) is 0. The molecule has 0 bridgehead atoms. The van der Waals surface area contributed by atoms with Crippen LogP contribution in [-0.2, 0) is 9.53 Å². The first-order chi connectivity index (χ1) is 6.70. The molecule has 1 aromatic rings. The summed E-state index contributed by atoms with van der Waals surface area (Å²) < 4.78 is 4.78. The quantitative estimate of drug-likeness (QED) is 0.685. The second kappa shape index (κ2) is 5.22. The molecule has 0 aliphatic rings. The lowest BCUT2D eigenvalue weighted by Crippen LogP contribution is -1.97. The molecule has 1 rings (SSSR count). The first-order valence-corrected chi connectivity index (χ1v) is 4.55. The van der Waals surface area contributed by atoms with Crippen molar-refractivity contribution in [3.63, 3.8) is 0 Å². The van der Waals surface area contributed by atoms with E-state index < -0.39 is 0 Å². The molecule has 0 atom stereocenters. The van der Waals surface area contributed by atoms with Crippen LogP contribution in [0.25, 0.3) is 6.08 Å². The highest BCUT2D eigenvalue weighted by Gasteiger charge is 1.91. The second-order valence-corrected chi connectivity index (χ2v) is 3.06. The fraction of sp³-hybridized carbons (Fsp3) is 0.250. The van der Waals surface area contributed by atoms with E-state index in [0.29, 0.717) is 6.61 Å². The minimum absolute atomic E-state index is 0.251. The first kappa shape index (κ1) is 10.5. The SMILES string of the molecule is CC(=O)OC/C=C/c1ccccc1C. The van der Waals surface area contributed by atoms with Gasteiger partial charge in [0, 0.05) is 6.92 Å². The normalized spacial score (nSPS) is 10.4. The standard InChI is InChI=1S/C12H14O2/c1-10-6-3-4-7-12(10)8-5-9-14-11(2)13/h3-8H,9H2,1-2H3/b8-5+. The number of hydrogen-bond acceptors (Lipinski definition) is 2. The fourth-order valence-corrected chi connectivity index (χ4v) is 1.11. The number of aryl methyl sites for hydroxylation is 1. The van der Waals surface area contributed by atoms with Crippen LogP contribution in [0, 0.1) is 6.92 Å². The first-order valence-electron chi connectivity index (χ1n) is 4.55. The Morgan fingerprint density at radius 2 is 2.14 bits per heavy atom. The van der Waals surface area contributed by atoms with Gasteiger partial charge in [0.2, 0.25) is 0 Å². The van der Waals surface area contributed by atoms with Crippen molar-refractivity contribution in [1.82, 2.24) is 0 Å². The monoisotopic (exact) mass is 190 g/mol. The van der Waals surface area contributed by atoms with Crippen LogP contribution in [0.2, 0.25) is 0 Å². The van der Waals surface area contributed by atoms with Crippen molar-refractivity contribution in [2.24, 2.45) is 0 Å². The minimum Gasteiger partial charge on any atom is -0.462 e. The Bertz CT molecular complexity index is 340. The van der Waals surface area contributed by atoms with Crippen LogP contribution in [0.15, 0.2) is 30.3 Å². The number of hydrogen-bond donors (Lipinski definition) is 0. The Labute approximate surface area is 84.2 Å². The molecule has 0 heterocycles. The molecule has 0 aliphatic heterocycles. The highest BCUT2D eigenvalue weighted by Crippen LogP contribution is 2.08. The summed E-state index contributed by atoms with van der Waals surface area (Å²) >= 11 is 0. The van der Waals surface area contributed by atoms with E-state index in [1.807, 2.05) is 43.3 Å². The topological polar surface area (TPSA) is 26.3 Å². The van der Waals surface area contributed by atoms with Gasteiger partial charge in [-0.15, -0.1) is 0 Å². The number of carbonyl (C=O) groups is 1. The predicted octanol–water partition coefficient (Wildman–Crippen LogP) is 2.57. The van der Waals surface area contributed by atoms with Gasteiger partial charge in [0.05, 0.1) is 0 Å². The van der Waals surface area contributed by atoms with Gasteiger partial charge < -0.3 is 4.74 Å². The van der Waals surface area contributed by atoms with Crippen LogP contribution < -0.4 is 0 Å². The lowest BCUT2D eigenvalue weighted by molar-refractivity contribution is -0.139. The van der Waals surface area contributed by atoms with Gasteiger partial charge in [-0.1, -0.05) is 30.3 Å². The molecule has 2 nitrogen and oxygen atoms in total. The molecule has 0 fully saturated rings. The third-order valence-electron chi connectivity index (χ3n) is 1.87. The highest BCUT2D eigenvalue weighted by molar-refractivity contribution is 5.66. The van der Waals surface area contributed by atoms with Crippen molar-refractivity contribution in [3.8, 4) is 0 Å². The smallest absolute Gasteiger partial charge is 0.302 e. The summed E-state index contributed by atoms with van der Waals surface area (Å²) in [5, 5.41) is 0. The molecule has 0 saturated heterocycles.